The topological polar surface area (TPSA) is 24.5 Å². The van der Waals surface area contributed by atoms with Gasteiger partial charge in [0.15, 0.2) is 0 Å². The van der Waals surface area contributed by atoms with Crippen LogP contribution >= 0.6 is 0 Å². The number of likely N-dealkylation sites (tertiary alicyclic amines) is 1. The minimum atomic E-state index is 0.461. The van der Waals surface area contributed by atoms with E-state index in [1.807, 2.05) is 0 Å². The minimum Gasteiger partial charge on any atom is -0.381 e. The van der Waals surface area contributed by atoms with E-state index in [0.717, 1.165) is 25.8 Å². The smallest absolute Gasteiger partial charge is 0.0471 e. The highest BCUT2D eigenvalue weighted by Gasteiger charge is 2.30. The second kappa shape index (κ2) is 5.03. The molecule has 0 bridgehead atoms. The van der Waals surface area contributed by atoms with E-state index in [9.17, 15) is 0 Å². The first-order valence-electron chi connectivity index (χ1n) is 6.60. The lowest BCUT2D eigenvalue weighted by molar-refractivity contribution is 0.0230. The van der Waals surface area contributed by atoms with E-state index < -0.39 is 0 Å². The SMILES string of the molecule is CC1CC(NCC2(C)CCOCC2)CN1C. The fourth-order valence-corrected chi connectivity index (χ4v) is 2.77. The second-order valence-corrected chi connectivity index (χ2v) is 6.03. The molecule has 16 heavy (non-hydrogen) atoms. The van der Waals surface area contributed by atoms with Gasteiger partial charge in [0.05, 0.1) is 0 Å². The summed E-state index contributed by atoms with van der Waals surface area (Å²) in [6, 6.07) is 1.43. The summed E-state index contributed by atoms with van der Waals surface area (Å²) in [4.78, 5) is 2.45. The van der Waals surface area contributed by atoms with Crippen LogP contribution in [-0.2, 0) is 4.74 Å². The first kappa shape index (κ1) is 12.3. The molecule has 0 aromatic heterocycles. The molecule has 94 valence electrons. The number of nitrogens with one attached hydrogen (secondary N) is 1. The summed E-state index contributed by atoms with van der Waals surface area (Å²) in [6.07, 6.45) is 3.71. The summed E-state index contributed by atoms with van der Waals surface area (Å²) in [7, 11) is 2.22. The Hall–Kier alpha value is -0.120. The third-order valence-electron chi connectivity index (χ3n) is 4.40. The molecule has 0 spiro atoms. The van der Waals surface area contributed by atoms with Crippen molar-refractivity contribution in [1.29, 1.82) is 0 Å². The average Bonchev–Trinajstić information content (AvgIpc) is 2.57. The van der Waals surface area contributed by atoms with Crippen LogP contribution in [0.15, 0.2) is 0 Å². The molecule has 0 radical (unpaired) electrons. The third-order valence-corrected chi connectivity index (χ3v) is 4.40. The first-order valence-corrected chi connectivity index (χ1v) is 6.60. The van der Waals surface area contributed by atoms with Crippen LogP contribution in [0.3, 0.4) is 0 Å². The Balaban J connectivity index is 1.74. The van der Waals surface area contributed by atoms with Gasteiger partial charge in [0, 0.05) is 38.4 Å². The van der Waals surface area contributed by atoms with Crippen molar-refractivity contribution in [2.45, 2.75) is 45.2 Å². The Labute approximate surface area is 99.5 Å². The van der Waals surface area contributed by atoms with Gasteiger partial charge in [0.1, 0.15) is 0 Å². The minimum absolute atomic E-state index is 0.461. The van der Waals surface area contributed by atoms with Crippen molar-refractivity contribution in [2.24, 2.45) is 5.41 Å². The van der Waals surface area contributed by atoms with Crippen LogP contribution in [0.25, 0.3) is 0 Å². The maximum Gasteiger partial charge on any atom is 0.0471 e. The van der Waals surface area contributed by atoms with Crippen molar-refractivity contribution in [1.82, 2.24) is 10.2 Å². The van der Waals surface area contributed by atoms with Crippen LogP contribution in [0.2, 0.25) is 0 Å². The quantitative estimate of drug-likeness (QED) is 0.789. The van der Waals surface area contributed by atoms with Crippen LogP contribution in [0.1, 0.15) is 33.1 Å². The highest BCUT2D eigenvalue weighted by Crippen LogP contribution is 2.29. The Kier molecular flexibility index (Phi) is 3.88. The fraction of sp³-hybridized carbons (Fsp3) is 1.00. The normalized spacial score (nSPS) is 35.4. The molecular weight excluding hydrogens is 200 g/mol. The third kappa shape index (κ3) is 2.96. The largest absolute Gasteiger partial charge is 0.381 e. The Bertz CT molecular complexity index is 216. The molecule has 0 aliphatic carbocycles. The van der Waals surface area contributed by atoms with Crippen LogP contribution in [0.5, 0.6) is 0 Å². The van der Waals surface area contributed by atoms with E-state index in [0.29, 0.717) is 11.5 Å². The Morgan fingerprint density at radius 1 is 1.38 bits per heavy atom. The molecule has 2 aliphatic heterocycles. The second-order valence-electron chi connectivity index (χ2n) is 6.03. The molecule has 1 N–H and O–H groups in total. The summed E-state index contributed by atoms with van der Waals surface area (Å²) >= 11 is 0. The summed E-state index contributed by atoms with van der Waals surface area (Å²) in [6.45, 7) is 8.95. The van der Waals surface area contributed by atoms with Gasteiger partial charge in [-0.15, -0.1) is 0 Å². The van der Waals surface area contributed by atoms with Gasteiger partial charge in [-0.05, 0) is 38.6 Å². The van der Waals surface area contributed by atoms with E-state index in [1.165, 1.54) is 25.8 Å². The number of hydrogen-bond donors (Lipinski definition) is 1. The fourth-order valence-electron chi connectivity index (χ4n) is 2.77. The number of ether oxygens (including phenoxy) is 1. The van der Waals surface area contributed by atoms with E-state index in [1.54, 1.807) is 0 Å². The van der Waals surface area contributed by atoms with Gasteiger partial charge >= 0.3 is 0 Å². The molecule has 3 heteroatoms. The number of hydrogen-bond acceptors (Lipinski definition) is 3. The van der Waals surface area contributed by atoms with Crippen molar-refractivity contribution < 1.29 is 4.74 Å². The zero-order chi connectivity index (χ0) is 11.6. The van der Waals surface area contributed by atoms with Crippen molar-refractivity contribution in [3.8, 4) is 0 Å². The number of rotatable bonds is 3. The molecule has 2 atom stereocenters. The molecule has 0 saturated carbocycles. The van der Waals surface area contributed by atoms with Crippen molar-refractivity contribution in [2.75, 3.05) is 33.4 Å². The summed E-state index contributed by atoms with van der Waals surface area (Å²) in [5.74, 6) is 0. The van der Waals surface area contributed by atoms with Gasteiger partial charge in [0.25, 0.3) is 0 Å². The number of nitrogens with zero attached hydrogens (tertiary/aromatic N) is 1. The predicted molar refractivity (Wildman–Crippen MR) is 66.7 cm³/mol. The van der Waals surface area contributed by atoms with E-state index in [-0.39, 0.29) is 0 Å². The molecule has 0 amide bonds. The maximum absolute atomic E-state index is 5.43. The van der Waals surface area contributed by atoms with Gasteiger partial charge in [-0.1, -0.05) is 6.92 Å². The highest BCUT2D eigenvalue weighted by molar-refractivity contribution is 4.88. The summed E-state index contributed by atoms with van der Waals surface area (Å²) < 4.78 is 5.43. The lowest BCUT2D eigenvalue weighted by Crippen LogP contribution is -2.42. The van der Waals surface area contributed by atoms with Gasteiger partial charge < -0.3 is 15.0 Å². The van der Waals surface area contributed by atoms with E-state index >= 15 is 0 Å². The zero-order valence-corrected chi connectivity index (χ0v) is 11.0. The molecular formula is C13H26N2O. The Morgan fingerprint density at radius 2 is 2.06 bits per heavy atom. The molecule has 2 rings (SSSR count). The van der Waals surface area contributed by atoms with Crippen LogP contribution in [0, 0.1) is 5.41 Å². The van der Waals surface area contributed by atoms with E-state index in [4.69, 9.17) is 4.74 Å². The standard InChI is InChI=1S/C13H26N2O/c1-11-8-12(9-15(11)3)14-10-13(2)4-6-16-7-5-13/h11-12,14H,4-10H2,1-3H3. The molecule has 0 aromatic carbocycles. The predicted octanol–water partition coefficient (Wildman–Crippen LogP) is 1.49. The molecule has 2 fully saturated rings. The average molecular weight is 226 g/mol. The number of likely N-dealkylation sites (N-methyl/N-ethyl adjacent to an activating group) is 1. The van der Waals surface area contributed by atoms with Gasteiger partial charge in [-0.3, -0.25) is 0 Å². The van der Waals surface area contributed by atoms with Crippen molar-refractivity contribution >= 4 is 0 Å². The summed E-state index contributed by atoms with van der Waals surface area (Å²) in [5, 5.41) is 3.76. The molecule has 2 unspecified atom stereocenters. The molecule has 2 heterocycles. The van der Waals surface area contributed by atoms with Crippen molar-refractivity contribution in [3.63, 3.8) is 0 Å². The molecule has 2 aliphatic rings. The van der Waals surface area contributed by atoms with Crippen LogP contribution < -0.4 is 5.32 Å². The van der Waals surface area contributed by atoms with Gasteiger partial charge in [-0.25, -0.2) is 0 Å². The van der Waals surface area contributed by atoms with Crippen LogP contribution in [-0.4, -0.2) is 50.3 Å². The lowest BCUT2D eigenvalue weighted by Gasteiger charge is -2.34. The molecule has 2 saturated heterocycles. The summed E-state index contributed by atoms with van der Waals surface area (Å²) in [5.41, 5.74) is 0.461. The molecule has 0 aromatic rings. The molecule has 3 nitrogen and oxygen atoms in total. The monoisotopic (exact) mass is 226 g/mol. The van der Waals surface area contributed by atoms with Gasteiger partial charge in [-0.2, -0.15) is 0 Å². The maximum atomic E-state index is 5.43. The Morgan fingerprint density at radius 3 is 2.62 bits per heavy atom. The first-order chi connectivity index (χ1) is 7.59. The van der Waals surface area contributed by atoms with Gasteiger partial charge in [0.2, 0.25) is 0 Å². The lowest BCUT2D eigenvalue weighted by atomic mass is 9.82. The van der Waals surface area contributed by atoms with E-state index in [2.05, 4.69) is 31.1 Å². The zero-order valence-electron chi connectivity index (χ0n) is 11.0. The van der Waals surface area contributed by atoms with Crippen LogP contribution in [0.4, 0.5) is 0 Å². The highest BCUT2D eigenvalue weighted by atomic mass is 16.5. The van der Waals surface area contributed by atoms with Crippen molar-refractivity contribution in [3.05, 3.63) is 0 Å².